The Morgan fingerprint density at radius 3 is 2.64 bits per heavy atom. The molecule has 1 unspecified atom stereocenters. The molecule has 116 valence electrons. The number of rotatable bonds is 5. The summed E-state index contributed by atoms with van der Waals surface area (Å²) in [5.74, 6) is 0.255. The van der Waals surface area contributed by atoms with Crippen molar-refractivity contribution in [1.29, 1.82) is 0 Å². The van der Waals surface area contributed by atoms with Gasteiger partial charge in [-0.3, -0.25) is 4.79 Å². The monoisotopic (exact) mass is 318 g/mol. The van der Waals surface area contributed by atoms with Crippen LogP contribution in [0.2, 0.25) is 5.02 Å². The van der Waals surface area contributed by atoms with Gasteiger partial charge in [-0.1, -0.05) is 24.6 Å². The van der Waals surface area contributed by atoms with Gasteiger partial charge in [0.1, 0.15) is 0 Å². The number of aromatic nitrogens is 2. The minimum Gasteiger partial charge on any atom is -0.352 e. The maximum atomic E-state index is 12.2. The van der Waals surface area contributed by atoms with Gasteiger partial charge in [0.2, 0.25) is 5.95 Å². The van der Waals surface area contributed by atoms with E-state index in [0.29, 0.717) is 22.2 Å². The first kappa shape index (κ1) is 16.2. The highest BCUT2D eigenvalue weighted by Gasteiger charge is 2.10. The molecule has 1 aromatic carbocycles. The zero-order valence-electron chi connectivity index (χ0n) is 12.9. The van der Waals surface area contributed by atoms with Crippen LogP contribution in [0.3, 0.4) is 0 Å². The van der Waals surface area contributed by atoms with Gasteiger partial charge < -0.3 is 10.6 Å². The fraction of sp³-hybridized carbons (Fsp3) is 0.312. The van der Waals surface area contributed by atoms with Crippen LogP contribution in [0.1, 0.15) is 36.2 Å². The van der Waals surface area contributed by atoms with E-state index < -0.39 is 0 Å². The second kappa shape index (κ2) is 7.22. The van der Waals surface area contributed by atoms with Crippen molar-refractivity contribution in [3.05, 3.63) is 46.7 Å². The second-order valence-corrected chi connectivity index (χ2v) is 5.60. The molecule has 1 heterocycles. The molecule has 0 spiro atoms. The normalized spacial score (nSPS) is 11.8. The highest BCUT2D eigenvalue weighted by Crippen LogP contribution is 2.20. The molecule has 0 aliphatic rings. The number of nitrogens with one attached hydrogen (secondary N) is 2. The Hall–Kier alpha value is -2.14. The van der Waals surface area contributed by atoms with E-state index in [1.165, 1.54) is 12.4 Å². The summed E-state index contributed by atoms with van der Waals surface area (Å²) in [5, 5.41) is 6.54. The van der Waals surface area contributed by atoms with Crippen molar-refractivity contribution in [3.8, 4) is 0 Å². The summed E-state index contributed by atoms with van der Waals surface area (Å²) in [6.45, 7) is 6.03. The summed E-state index contributed by atoms with van der Waals surface area (Å²) >= 11 is 5.94. The standard InChI is InChI=1S/C16H19ClN4O/c1-4-11(3)20-16-18-8-12(9-19-16)15(22)21-14-7-13(17)6-5-10(14)2/h5-9,11H,4H2,1-3H3,(H,21,22)(H,18,19,20). The van der Waals surface area contributed by atoms with Gasteiger partial charge in [-0.25, -0.2) is 9.97 Å². The number of aryl methyl sites for hydroxylation is 1. The van der Waals surface area contributed by atoms with Gasteiger partial charge in [-0.15, -0.1) is 0 Å². The summed E-state index contributed by atoms with van der Waals surface area (Å²) in [5.41, 5.74) is 2.02. The fourth-order valence-corrected chi connectivity index (χ4v) is 1.94. The van der Waals surface area contributed by atoms with Gasteiger partial charge in [0.25, 0.3) is 5.91 Å². The van der Waals surface area contributed by atoms with E-state index in [-0.39, 0.29) is 11.9 Å². The molecule has 2 aromatic rings. The van der Waals surface area contributed by atoms with E-state index in [2.05, 4.69) is 27.5 Å². The van der Waals surface area contributed by atoms with Crippen LogP contribution in [0.15, 0.2) is 30.6 Å². The van der Waals surface area contributed by atoms with E-state index >= 15 is 0 Å². The number of benzene rings is 1. The summed E-state index contributed by atoms with van der Waals surface area (Å²) in [4.78, 5) is 20.5. The maximum absolute atomic E-state index is 12.2. The average molecular weight is 319 g/mol. The first-order valence-corrected chi connectivity index (χ1v) is 7.53. The summed E-state index contributed by atoms with van der Waals surface area (Å²) in [6, 6.07) is 5.64. The molecule has 0 bridgehead atoms. The van der Waals surface area contributed by atoms with E-state index in [4.69, 9.17) is 11.6 Å². The summed E-state index contributed by atoms with van der Waals surface area (Å²) in [6.07, 6.45) is 3.99. The van der Waals surface area contributed by atoms with Crippen molar-refractivity contribution >= 4 is 29.1 Å². The highest BCUT2D eigenvalue weighted by molar-refractivity contribution is 6.31. The van der Waals surface area contributed by atoms with Gasteiger partial charge in [0, 0.05) is 29.1 Å². The van der Waals surface area contributed by atoms with Crippen LogP contribution in [0.4, 0.5) is 11.6 Å². The number of hydrogen-bond donors (Lipinski definition) is 2. The number of hydrogen-bond acceptors (Lipinski definition) is 4. The first-order valence-electron chi connectivity index (χ1n) is 7.15. The van der Waals surface area contributed by atoms with E-state index in [1.807, 2.05) is 19.9 Å². The van der Waals surface area contributed by atoms with Gasteiger partial charge in [0.05, 0.1) is 5.56 Å². The van der Waals surface area contributed by atoms with Crippen molar-refractivity contribution in [3.63, 3.8) is 0 Å². The lowest BCUT2D eigenvalue weighted by Gasteiger charge is -2.11. The number of carbonyl (C=O) groups excluding carboxylic acids is 1. The number of carbonyl (C=O) groups is 1. The van der Waals surface area contributed by atoms with Crippen LogP contribution >= 0.6 is 11.6 Å². The lowest BCUT2D eigenvalue weighted by Crippen LogP contribution is -2.17. The summed E-state index contributed by atoms with van der Waals surface area (Å²) < 4.78 is 0. The molecule has 0 fully saturated rings. The van der Waals surface area contributed by atoms with Crippen LogP contribution in [0.25, 0.3) is 0 Å². The van der Waals surface area contributed by atoms with E-state index in [1.54, 1.807) is 12.1 Å². The minimum absolute atomic E-state index is 0.263. The lowest BCUT2D eigenvalue weighted by atomic mass is 10.2. The molecular formula is C16H19ClN4O. The van der Waals surface area contributed by atoms with E-state index in [9.17, 15) is 4.79 Å². The zero-order chi connectivity index (χ0) is 16.1. The number of halogens is 1. The molecule has 6 heteroatoms. The fourth-order valence-electron chi connectivity index (χ4n) is 1.77. The second-order valence-electron chi connectivity index (χ2n) is 5.16. The average Bonchev–Trinajstić information content (AvgIpc) is 2.51. The Bertz CT molecular complexity index is 658. The Kier molecular flexibility index (Phi) is 5.33. The molecule has 0 aliphatic carbocycles. The zero-order valence-corrected chi connectivity index (χ0v) is 13.6. The molecule has 2 rings (SSSR count). The molecule has 5 nitrogen and oxygen atoms in total. The van der Waals surface area contributed by atoms with Crippen molar-refractivity contribution in [2.75, 3.05) is 10.6 Å². The topological polar surface area (TPSA) is 66.9 Å². The molecule has 0 radical (unpaired) electrons. The summed E-state index contributed by atoms with van der Waals surface area (Å²) in [7, 11) is 0. The molecule has 1 atom stereocenters. The predicted octanol–water partition coefficient (Wildman–Crippen LogP) is 3.90. The molecule has 1 amide bonds. The third-order valence-corrected chi connectivity index (χ3v) is 3.58. The molecule has 2 N–H and O–H groups in total. The molecule has 1 aromatic heterocycles. The lowest BCUT2D eigenvalue weighted by molar-refractivity contribution is 0.102. The van der Waals surface area contributed by atoms with Gasteiger partial charge >= 0.3 is 0 Å². The van der Waals surface area contributed by atoms with Gasteiger partial charge in [0.15, 0.2) is 0 Å². The van der Waals surface area contributed by atoms with Crippen LogP contribution in [-0.2, 0) is 0 Å². The van der Waals surface area contributed by atoms with Gasteiger partial charge in [-0.05, 0) is 38.0 Å². The van der Waals surface area contributed by atoms with Crippen molar-refractivity contribution in [1.82, 2.24) is 9.97 Å². The number of amides is 1. The molecule has 0 saturated heterocycles. The first-order chi connectivity index (χ1) is 10.5. The Morgan fingerprint density at radius 1 is 1.32 bits per heavy atom. The molecule has 22 heavy (non-hydrogen) atoms. The Morgan fingerprint density at radius 2 is 2.00 bits per heavy atom. The third-order valence-electron chi connectivity index (χ3n) is 3.35. The van der Waals surface area contributed by atoms with Crippen LogP contribution in [0, 0.1) is 6.92 Å². The van der Waals surface area contributed by atoms with Gasteiger partial charge in [-0.2, -0.15) is 0 Å². The van der Waals surface area contributed by atoms with Crippen LogP contribution in [0.5, 0.6) is 0 Å². The smallest absolute Gasteiger partial charge is 0.258 e. The molecule has 0 aliphatic heterocycles. The molecule has 0 saturated carbocycles. The minimum atomic E-state index is -0.263. The SMILES string of the molecule is CCC(C)Nc1ncc(C(=O)Nc2cc(Cl)ccc2C)cn1. The van der Waals surface area contributed by atoms with Crippen molar-refractivity contribution < 1.29 is 4.79 Å². The Labute approximate surface area is 135 Å². The van der Waals surface area contributed by atoms with Crippen molar-refractivity contribution in [2.24, 2.45) is 0 Å². The predicted molar refractivity (Wildman–Crippen MR) is 89.5 cm³/mol. The third kappa shape index (κ3) is 4.18. The maximum Gasteiger partial charge on any atom is 0.258 e. The van der Waals surface area contributed by atoms with Crippen LogP contribution in [-0.4, -0.2) is 21.9 Å². The molecular weight excluding hydrogens is 300 g/mol. The number of anilines is 2. The Balaban J connectivity index is 2.08. The number of nitrogens with zero attached hydrogens (tertiary/aromatic N) is 2. The van der Waals surface area contributed by atoms with Crippen molar-refractivity contribution in [2.45, 2.75) is 33.2 Å². The highest BCUT2D eigenvalue weighted by atomic mass is 35.5. The van der Waals surface area contributed by atoms with Crippen LogP contribution < -0.4 is 10.6 Å². The van der Waals surface area contributed by atoms with E-state index in [0.717, 1.165) is 12.0 Å². The quantitative estimate of drug-likeness (QED) is 0.877. The largest absolute Gasteiger partial charge is 0.352 e.